The zero-order chi connectivity index (χ0) is 33.1. The molecule has 2 aromatic rings. The number of nitrogens with two attached hydrogens (primary N) is 1. The second-order valence-electron chi connectivity index (χ2n) is 12.2. The van der Waals surface area contributed by atoms with E-state index < -0.39 is 64.0 Å². The number of Topliss-reactive ketones (excluding diaryl/α,β-unsaturated/α-hetero) is 2. The number of ketones is 2. The maximum atomic E-state index is 14.1. The van der Waals surface area contributed by atoms with Crippen molar-refractivity contribution in [3.8, 4) is 5.75 Å². The molecule has 0 spiro atoms. The Hall–Kier alpha value is -4.72. The lowest BCUT2D eigenvalue weighted by Crippen LogP contribution is -2.65. The number of carboxylic acid groups (broad SMARTS) is 1. The number of amides is 1. The quantitative estimate of drug-likeness (QED) is 0.208. The van der Waals surface area contributed by atoms with Crippen molar-refractivity contribution in [2.24, 2.45) is 17.6 Å². The van der Waals surface area contributed by atoms with Gasteiger partial charge in [0.15, 0.2) is 11.4 Å². The Morgan fingerprint density at radius 2 is 1.71 bits per heavy atom. The van der Waals surface area contributed by atoms with Crippen LogP contribution in [-0.2, 0) is 33.9 Å². The standard InChI is InChI=1S/C32H36N4O9.2H2/c1-35(2)20-11-17(13-34-12-14-5-7-15(8-6-14)31(43)44)25(37)22-18(20)9-16-10-19-24(36(3)4)27(39)23(30(33)42)29(41)32(19,45)28(40)21(16)26(22)38;;/h5-8,11,16,19,24,34,37-38,41,45H,9-10,12-13H2,1-4H3,(H2,33,42)(H,43,44);2*1H/t16?,19?,24-,32+;;/m1../s1. The molecule has 0 aromatic heterocycles. The molecule has 5 rings (SSSR count). The van der Waals surface area contributed by atoms with Gasteiger partial charge in [-0.2, -0.15) is 0 Å². The molecule has 0 saturated heterocycles. The molecule has 3 aliphatic carbocycles. The van der Waals surface area contributed by atoms with Gasteiger partial charge in [0.05, 0.1) is 17.2 Å². The summed E-state index contributed by atoms with van der Waals surface area (Å²) < 4.78 is 0. The van der Waals surface area contributed by atoms with Crippen molar-refractivity contribution < 1.29 is 47.6 Å². The minimum absolute atomic E-state index is 0. The van der Waals surface area contributed by atoms with Crippen LogP contribution in [0.3, 0.4) is 0 Å². The second kappa shape index (κ2) is 11.3. The number of benzene rings is 2. The van der Waals surface area contributed by atoms with E-state index in [1.165, 1.54) is 17.0 Å². The molecule has 45 heavy (non-hydrogen) atoms. The number of carbonyl (C=O) groups is 4. The first-order valence-corrected chi connectivity index (χ1v) is 14.3. The molecule has 13 nitrogen and oxygen atoms in total. The first-order valence-electron chi connectivity index (χ1n) is 14.3. The van der Waals surface area contributed by atoms with Gasteiger partial charge in [-0.05, 0) is 62.2 Å². The Morgan fingerprint density at radius 3 is 2.27 bits per heavy atom. The normalized spacial score (nSPS) is 24.4. The lowest BCUT2D eigenvalue weighted by Gasteiger charge is -2.50. The fraction of sp³-hybridized carbons (Fsp3) is 0.375. The van der Waals surface area contributed by atoms with Crippen molar-refractivity contribution in [3.63, 3.8) is 0 Å². The number of carbonyl (C=O) groups excluding carboxylic acids is 3. The number of nitrogens with zero attached hydrogens (tertiary/aromatic N) is 2. The summed E-state index contributed by atoms with van der Waals surface area (Å²) in [7, 11) is 6.70. The van der Waals surface area contributed by atoms with Gasteiger partial charge in [0.2, 0.25) is 5.78 Å². The molecule has 1 fully saturated rings. The molecule has 2 unspecified atom stereocenters. The minimum Gasteiger partial charge on any atom is -0.508 e. The summed E-state index contributed by atoms with van der Waals surface area (Å²) in [6.45, 7) is 0.486. The third-order valence-electron chi connectivity index (χ3n) is 9.10. The smallest absolute Gasteiger partial charge is 0.335 e. The van der Waals surface area contributed by atoms with Crippen LogP contribution in [-0.4, -0.2) is 93.7 Å². The van der Waals surface area contributed by atoms with Crippen molar-refractivity contribution in [2.75, 3.05) is 33.1 Å². The average molecular weight is 625 g/mol. The Morgan fingerprint density at radius 1 is 1.07 bits per heavy atom. The molecule has 8 N–H and O–H groups in total. The molecule has 0 aliphatic heterocycles. The number of carboxylic acids is 1. The summed E-state index contributed by atoms with van der Waals surface area (Å²) in [5.74, 6) is -7.99. The number of nitrogens with one attached hydrogen (secondary N) is 1. The van der Waals surface area contributed by atoms with E-state index in [0.717, 1.165) is 5.56 Å². The van der Waals surface area contributed by atoms with Crippen molar-refractivity contribution in [2.45, 2.75) is 37.6 Å². The number of rotatable bonds is 8. The van der Waals surface area contributed by atoms with Crippen molar-refractivity contribution in [1.29, 1.82) is 0 Å². The number of phenolic OH excluding ortho intramolecular Hbond substituents is 1. The molecule has 3 aliphatic rings. The van der Waals surface area contributed by atoms with Crippen LogP contribution >= 0.6 is 0 Å². The van der Waals surface area contributed by atoms with Gasteiger partial charge in [-0.15, -0.1) is 0 Å². The summed E-state index contributed by atoms with van der Waals surface area (Å²) in [6.07, 6.45) is 0.183. The maximum Gasteiger partial charge on any atom is 0.335 e. The summed E-state index contributed by atoms with van der Waals surface area (Å²) in [4.78, 5) is 54.0. The molecular weight excluding hydrogens is 584 g/mol. The number of likely N-dealkylation sites (N-methyl/N-ethyl adjacent to an activating group) is 1. The fourth-order valence-corrected chi connectivity index (χ4v) is 6.99. The zero-order valence-corrected chi connectivity index (χ0v) is 25.3. The maximum absolute atomic E-state index is 14.1. The molecule has 0 bridgehead atoms. The monoisotopic (exact) mass is 624 g/mol. The van der Waals surface area contributed by atoms with Crippen LogP contribution in [0.4, 0.5) is 5.69 Å². The van der Waals surface area contributed by atoms with Gasteiger partial charge in [-0.3, -0.25) is 19.3 Å². The van der Waals surface area contributed by atoms with Crippen molar-refractivity contribution in [1.82, 2.24) is 10.2 Å². The van der Waals surface area contributed by atoms with E-state index in [9.17, 15) is 39.6 Å². The highest BCUT2D eigenvalue weighted by Crippen LogP contribution is 2.54. The number of aliphatic hydroxyl groups excluding tert-OH is 2. The molecule has 0 radical (unpaired) electrons. The molecule has 0 heterocycles. The minimum atomic E-state index is -2.71. The van der Waals surface area contributed by atoms with Gasteiger partial charge in [0.25, 0.3) is 5.91 Å². The predicted octanol–water partition coefficient (Wildman–Crippen LogP) is 1.51. The molecule has 1 amide bonds. The number of primary amides is 1. The third-order valence-corrected chi connectivity index (χ3v) is 9.10. The van der Waals surface area contributed by atoms with Crippen LogP contribution in [0, 0.1) is 11.8 Å². The van der Waals surface area contributed by atoms with Crippen LogP contribution in [0.1, 0.15) is 41.9 Å². The van der Waals surface area contributed by atoms with E-state index in [1.807, 2.05) is 4.90 Å². The Bertz CT molecular complexity index is 1700. The first-order chi connectivity index (χ1) is 21.1. The third kappa shape index (κ3) is 4.93. The van der Waals surface area contributed by atoms with Crippen molar-refractivity contribution >= 4 is 34.9 Å². The molecule has 2 aromatic carbocycles. The number of hydrogen-bond donors (Lipinski definition) is 7. The van der Waals surface area contributed by atoms with Gasteiger partial charge < -0.3 is 41.5 Å². The van der Waals surface area contributed by atoms with Crippen molar-refractivity contribution in [3.05, 3.63) is 75.1 Å². The summed E-state index contributed by atoms with van der Waals surface area (Å²) in [5, 5.41) is 58.2. The van der Waals surface area contributed by atoms with Crippen LogP contribution in [0.25, 0.3) is 5.76 Å². The number of anilines is 1. The van der Waals surface area contributed by atoms with Crippen LogP contribution in [0.2, 0.25) is 0 Å². The van der Waals surface area contributed by atoms with E-state index in [4.69, 9.17) is 10.8 Å². The molecule has 4 atom stereocenters. The first kappa shape index (κ1) is 31.7. The van der Waals surface area contributed by atoms with E-state index in [1.54, 1.807) is 46.4 Å². The van der Waals surface area contributed by atoms with Gasteiger partial charge >= 0.3 is 5.97 Å². The van der Waals surface area contributed by atoms with E-state index in [0.29, 0.717) is 23.4 Å². The Kier molecular flexibility index (Phi) is 7.98. The van der Waals surface area contributed by atoms with Gasteiger partial charge in [0.1, 0.15) is 22.8 Å². The van der Waals surface area contributed by atoms with Gasteiger partial charge in [-0.1, -0.05) is 12.1 Å². The second-order valence-corrected chi connectivity index (χ2v) is 12.2. The number of aliphatic hydroxyl groups is 3. The SMILES string of the molecule is CN(C)c1cc(CNCc2ccc(C(=O)O)cc2)c(O)c2c1CC1CC3[C@@H](N(C)C)C(=O)C(C(N)=O)=C(O)[C@@]3(O)C(=O)C1=C2O.[HH].[HH]. The topological polar surface area (TPSA) is 214 Å². The molecule has 242 valence electrons. The lowest BCUT2D eigenvalue weighted by molar-refractivity contribution is -0.153. The van der Waals surface area contributed by atoms with Crippen LogP contribution < -0.4 is 16.0 Å². The van der Waals surface area contributed by atoms with E-state index >= 15 is 0 Å². The summed E-state index contributed by atoms with van der Waals surface area (Å²) >= 11 is 0. The number of aromatic hydroxyl groups is 1. The van der Waals surface area contributed by atoms with Crippen LogP contribution in [0.15, 0.2) is 47.2 Å². The predicted molar refractivity (Wildman–Crippen MR) is 167 cm³/mol. The number of phenols is 1. The largest absolute Gasteiger partial charge is 0.508 e. The van der Waals surface area contributed by atoms with E-state index in [-0.39, 0.29) is 44.7 Å². The number of fused-ring (bicyclic) bond motifs is 3. The summed E-state index contributed by atoms with van der Waals surface area (Å²) in [5.41, 5.74) is 4.22. The van der Waals surface area contributed by atoms with E-state index in [2.05, 4.69) is 5.32 Å². The number of hydrogen-bond acceptors (Lipinski definition) is 11. The fourth-order valence-electron chi connectivity index (χ4n) is 6.99. The molecule has 13 heteroatoms. The number of aromatic carboxylic acids is 1. The Balaban J connectivity index is 0.00000300. The highest BCUT2D eigenvalue weighted by molar-refractivity contribution is 6.24. The highest BCUT2D eigenvalue weighted by Gasteiger charge is 2.64. The van der Waals surface area contributed by atoms with Gasteiger partial charge in [-0.25, -0.2) is 4.79 Å². The Labute approximate surface area is 261 Å². The van der Waals surface area contributed by atoms with Crippen LogP contribution in [0.5, 0.6) is 5.75 Å². The van der Waals surface area contributed by atoms with Gasteiger partial charge in [0, 0.05) is 52.8 Å². The summed E-state index contributed by atoms with van der Waals surface area (Å²) in [6, 6.07) is 6.94. The molecule has 1 saturated carbocycles. The molecular formula is C32H40N4O9. The highest BCUT2D eigenvalue weighted by atomic mass is 16.4. The average Bonchev–Trinajstić information content (AvgIpc) is 2.95. The lowest BCUT2D eigenvalue weighted by atomic mass is 9.57. The zero-order valence-electron chi connectivity index (χ0n) is 25.3.